The SMILES string of the molecule is CC1=C(C(=O)OCCOC(C)C)[C@@H](c2cccnc2)C2=C(CCCC2=O)N1. The van der Waals surface area contributed by atoms with Gasteiger partial charge < -0.3 is 14.8 Å². The van der Waals surface area contributed by atoms with Gasteiger partial charge in [-0.1, -0.05) is 6.07 Å². The van der Waals surface area contributed by atoms with Gasteiger partial charge in [0.25, 0.3) is 0 Å². The van der Waals surface area contributed by atoms with Crippen LogP contribution in [0.5, 0.6) is 0 Å². The second-order valence-electron chi connectivity index (χ2n) is 7.11. The molecule has 0 spiro atoms. The van der Waals surface area contributed by atoms with Crippen LogP contribution in [-0.2, 0) is 19.1 Å². The van der Waals surface area contributed by atoms with Crippen LogP contribution in [0.3, 0.4) is 0 Å². The molecule has 6 heteroatoms. The molecule has 0 unspecified atom stereocenters. The number of pyridine rings is 1. The Hall–Kier alpha value is -2.47. The molecule has 3 rings (SSSR count). The van der Waals surface area contributed by atoms with Gasteiger partial charge in [0, 0.05) is 41.7 Å². The van der Waals surface area contributed by atoms with E-state index in [1.54, 1.807) is 12.4 Å². The van der Waals surface area contributed by atoms with E-state index in [0.717, 1.165) is 29.8 Å². The first kappa shape index (κ1) is 19.3. The van der Waals surface area contributed by atoms with E-state index in [0.29, 0.717) is 24.2 Å². The number of nitrogens with zero attached hydrogens (tertiary/aromatic N) is 1. The first-order valence-corrected chi connectivity index (χ1v) is 9.41. The summed E-state index contributed by atoms with van der Waals surface area (Å²) in [4.78, 5) is 29.8. The van der Waals surface area contributed by atoms with Gasteiger partial charge in [0.2, 0.25) is 0 Å². The number of ketones is 1. The summed E-state index contributed by atoms with van der Waals surface area (Å²) in [6.45, 7) is 6.23. The van der Waals surface area contributed by atoms with E-state index in [9.17, 15) is 9.59 Å². The van der Waals surface area contributed by atoms with E-state index in [-0.39, 0.29) is 18.5 Å². The number of ether oxygens (including phenoxy) is 2. The number of hydrogen-bond acceptors (Lipinski definition) is 6. The van der Waals surface area contributed by atoms with Gasteiger partial charge in [0.1, 0.15) is 6.61 Å². The second-order valence-corrected chi connectivity index (χ2v) is 7.11. The molecule has 0 aromatic carbocycles. The van der Waals surface area contributed by atoms with Crippen LogP contribution in [0.25, 0.3) is 0 Å². The molecule has 0 fully saturated rings. The Balaban J connectivity index is 1.91. The Kier molecular flexibility index (Phi) is 6.06. The third-order valence-corrected chi connectivity index (χ3v) is 4.78. The first-order chi connectivity index (χ1) is 13.0. The van der Waals surface area contributed by atoms with E-state index in [1.165, 1.54) is 0 Å². The van der Waals surface area contributed by atoms with Gasteiger partial charge in [-0.3, -0.25) is 9.78 Å². The van der Waals surface area contributed by atoms with Crippen molar-refractivity contribution in [2.75, 3.05) is 13.2 Å². The number of carbonyl (C=O) groups excluding carboxylic acids is 2. The van der Waals surface area contributed by atoms with Crippen molar-refractivity contribution in [3.63, 3.8) is 0 Å². The summed E-state index contributed by atoms with van der Waals surface area (Å²) in [5.41, 5.74) is 3.61. The van der Waals surface area contributed by atoms with Crippen molar-refractivity contribution in [3.05, 3.63) is 52.6 Å². The third kappa shape index (κ3) is 4.27. The molecule has 2 aliphatic rings. The average Bonchev–Trinajstić information content (AvgIpc) is 2.64. The maximum atomic E-state index is 12.9. The van der Waals surface area contributed by atoms with Gasteiger partial charge in [-0.2, -0.15) is 0 Å². The van der Waals surface area contributed by atoms with Crippen molar-refractivity contribution in [2.45, 2.75) is 52.1 Å². The predicted molar refractivity (Wildman–Crippen MR) is 101 cm³/mol. The quantitative estimate of drug-likeness (QED) is 0.613. The molecule has 0 saturated carbocycles. The fourth-order valence-corrected chi connectivity index (χ4v) is 3.63. The van der Waals surface area contributed by atoms with Crippen LogP contribution in [0.1, 0.15) is 51.5 Å². The summed E-state index contributed by atoms with van der Waals surface area (Å²) in [7, 11) is 0. The van der Waals surface area contributed by atoms with Gasteiger partial charge in [-0.15, -0.1) is 0 Å². The number of carbonyl (C=O) groups is 2. The minimum absolute atomic E-state index is 0.0803. The smallest absolute Gasteiger partial charge is 0.336 e. The lowest BCUT2D eigenvalue weighted by molar-refractivity contribution is -0.141. The highest BCUT2D eigenvalue weighted by Crippen LogP contribution is 2.42. The topological polar surface area (TPSA) is 77.5 Å². The lowest BCUT2D eigenvalue weighted by Crippen LogP contribution is -2.34. The Labute approximate surface area is 159 Å². The van der Waals surface area contributed by atoms with Crippen molar-refractivity contribution < 1.29 is 19.1 Å². The van der Waals surface area contributed by atoms with Gasteiger partial charge >= 0.3 is 5.97 Å². The van der Waals surface area contributed by atoms with Crippen LogP contribution >= 0.6 is 0 Å². The van der Waals surface area contributed by atoms with E-state index in [1.807, 2.05) is 32.9 Å². The summed E-state index contributed by atoms with van der Waals surface area (Å²) >= 11 is 0. The number of dihydropyridines is 1. The highest BCUT2D eigenvalue weighted by Gasteiger charge is 2.39. The van der Waals surface area contributed by atoms with E-state index >= 15 is 0 Å². The standard InChI is InChI=1S/C21H26N2O4/c1-13(2)26-10-11-27-21(25)18-14(3)23-16-7-4-8-17(24)20(16)19(18)15-6-5-9-22-12-15/h5-6,9,12-13,19,23H,4,7-8,10-11H2,1-3H3/t19-/m1/s1. The zero-order chi connectivity index (χ0) is 19.4. The van der Waals surface area contributed by atoms with Crippen LogP contribution in [0.4, 0.5) is 0 Å². The molecule has 6 nitrogen and oxygen atoms in total. The summed E-state index contributed by atoms with van der Waals surface area (Å²) in [5.74, 6) is -0.786. The van der Waals surface area contributed by atoms with Crippen molar-refractivity contribution in [2.24, 2.45) is 0 Å². The molecular formula is C21H26N2O4. The molecule has 0 radical (unpaired) electrons. The molecule has 0 amide bonds. The normalized spacial score (nSPS) is 19.9. The maximum absolute atomic E-state index is 12.9. The van der Waals surface area contributed by atoms with Gasteiger partial charge in [-0.25, -0.2) is 4.79 Å². The Bertz CT molecular complexity index is 781. The van der Waals surface area contributed by atoms with Gasteiger partial charge in [0.05, 0.1) is 18.3 Å². The molecule has 0 saturated heterocycles. The van der Waals surface area contributed by atoms with Crippen molar-refractivity contribution in [1.29, 1.82) is 0 Å². The summed E-state index contributed by atoms with van der Waals surface area (Å²) < 4.78 is 10.9. The summed E-state index contributed by atoms with van der Waals surface area (Å²) in [6.07, 6.45) is 5.60. The highest BCUT2D eigenvalue weighted by molar-refractivity contribution is 6.03. The molecule has 1 aliphatic carbocycles. The molecule has 1 aromatic heterocycles. The molecule has 27 heavy (non-hydrogen) atoms. The van der Waals surface area contributed by atoms with E-state index < -0.39 is 11.9 Å². The van der Waals surface area contributed by atoms with Gasteiger partial charge in [-0.05, 0) is 45.2 Å². The number of rotatable bonds is 6. The maximum Gasteiger partial charge on any atom is 0.336 e. The fourth-order valence-electron chi connectivity index (χ4n) is 3.63. The Morgan fingerprint density at radius 2 is 2.15 bits per heavy atom. The Morgan fingerprint density at radius 1 is 1.33 bits per heavy atom. The molecule has 144 valence electrons. The van der Waals surface area contributed by atoms with E-state index in [2.05, 4.69) is 10.3 Å². The number of aromatic nitrogens is 1. The molecule has 0 bridgehead atoms. The predicted octanol–water partition coefficient (Wildman–Crippen LogP) is 3.02. The number of esters is 1. The first-order valence-electron chi connectivity index (χ1n) is 9.41. The van der Waals surface area contributed by atoms with Crippen LogP contribution in [0, 0.1) is 0 Å². The van der Waals surface area contributed by atoms with Crippen molar-refractivity contribution in [3.8, 4) is 0 Å². The van der Waals surface area contributed by atoms with Crippen LogP contribution in [-0.4, -0.2) is 36.1 Å². The minimum atomic E-state index is -0.443. The molecule has 1 aliphatic heterocycles. The highest BCUT2D eigenvalue weighted by atomic mass is 16.6. The largest absolute Gasteiger partial charge is 0.460 e. The summed E-state index contributed by atoms with van der Waals surface area (Å²) in [6, 6.07) is 3.72. The monoisotopic (exact) mass is 370 g/mol. The Morgan fingerprint density at radius 3 is 2.85 bits per heavy atom. The number of allylic oxidation sites excluding steroid dienone is 3. The molecule has 1 aromatic rings. The lowest BCUT2D eigenvalue weighted by Gasteiger charge is -2.34. The van der Waals surface area contributed by atoms with Crippen LogP contribution < -0.4 is 5.32 Å². The molecule has 1 N–H and O–H groups in total. The number of hydrogen-bond donors (Lipinski definition) is 1. The van der Waals surface area contributed by atoms with Crippen LogP contribution in [0.15, 0.2) is 47.1 Å². The number of Topliss-reactive ketones (excluding diaryl/α,β-unsaturated/α-hetero) is 1. The van der Waals surface area contributed by atoms with E-state index in [4.69, 9.17) is 9.47 Å². The van der Waals surface area contributed by atoms with Crippen LogP contribution in [0.2, 0.25) is 0 Å². The summed E-state index contributed by atoms with van der Waals surface area (Å²) in [5, 5.41) is 3.27. The van der Waals surface area contributed by atoms with Crippen molar-refractivity contribution >= 4 is 11.8 Å². The second kappa shape index (κ2) is 8.48. The molecular weight excluding hydrogens is 344 g/mol. The molecule has 2 heterocycles. The molecule has 1 atom stereocenters. The fraction of sp³-hybridized carbons (Fsp3) is 0.476. The zero-order valence-corrected chi connectivity index (χ0v) is 16.1. The van der Waals surface area contributed by atoms with Crippen molar-refractivity contribution in [1.82, 2.24) is 10.3 Å². The minimum Gasteiger partial charge on any atom is -0.460 e. The average molecular weight is 370 g/mol. The zero-order valence-electron chi connectivity index (χ0n) is 16.1. The van der Waals surface area contributed by atoms with Gasteiger partial charge in [0.15, 0.2) is 5.78 Å². The number of nitrogens with one attached hydrogen (secondary N) is 1. The third-order valence-electron chi connectivity index (χ3n) is 4.78. The lowest BCUT2D eigenvalue weighted by atomic mass is 9.75.